The van der Waals surface area contributed by atoms with E-state index in [0.717, 1.165) is 11.3 Å². The fourth-order valence-corrected chi connectivity index (χ4v) is 3.02. The molecule has 1 aromatic rings. The molecule has 2 rings (SSSR count). The summed E-state index contributed by atoms with van der Waals surface area (Å²) in [5.41, 5.74) is 0.873. The molecule has 0 aromatic heterocycles. The van der Waals surface area contributed by atoms with Crippen LogP contribution in [0.25, 0.3) is 0 Å². The van der Waals surface area contributed by atoms with E-state index < -0.39 is 12.1 Å². The van der Waals surface area contributed by atoms with E-state index >= 15 is 0 Å². The molecule has 0 spiro atoms. The molecule has 1 saturated heterocycles. The zero-order chi connectivity index (χ0) is 17.9. The number of hydrogen-bond acceptors (Lipinski definition) is 5. The Bertz CT molecular complexity index is 589. The third kappa shape index (κ3) is 4.04. The van der Waals surface area contributed by atoms with Gasteiger partial charge in [-0.05, 0) is 31.7 Å². The van der Waals surface area contributed by atoms with Crippen LogP contribution in [0.1, 0.15) is 18.4 Å². The molecule has 3 atom stereocenters. The number of aliphatic hydroxyl groups is 1. The number of β-amino-alcohol motifs (C(OH)–C–C–N with tert-alkyl or cyclic N) is 1. The summed E-state index contributed by atoms with van der Waals surface area (Å²) in [4.78, 5) is 26.7. The maximum atomic E-state index is 12.7. The smallest absolute Gasteiger partial charge is 0.317 e. The third-order valence-corrected chi connectivity index (χ3v) is 4.51. The predicted octanol–water partition coefficient (Wildman–Crippen LogP) is 0.387. The summed E-state index contributed by atoms with van der Waals surface area (Å²) in [6.07, 6.45) is -0.749. The van der Waals surface area contributed by atoms with Crippen LogP contribution in [0.4, 0.5) is 0 Å². The Morgan fingerprint density at radius 1 is 1.33 bits per heavy atom. The van der Waals surface area contributed by atoms with Crippen molar-refractivity contribution in [1.29, 1.82) is 0 Å². The van der Waals surface area contributed by atoms with Crippen LogP contribution in [0.5, 0.6) is 5.75 Å². The van der Waals surface area contributed by atoms with Gasteiger partial charge in [-0.15, -0.1) is 0 Å². The number of likely N-dealkylation sites (tertiary alicyclic amines) is 1. The van der Waals surface area contributed by atoms with E-state index in [9.17, 15) is 14.7 Å². The van der Waals surface area contributed by atoms with Crippen LogP contribution in [0, 0.1) is 0 Å². The number of hydrogen-bond donors (Lipinski definition) is 2. The summed E-state index contributed by atoms with van der Waals surface area (Å²) in [5, 5.41) is 19.0. The van der Waals surface area contributed by atoms with Crippen LogP contribution in [0.3, 0.4) is 0 Å². The molecule has 1 aliphatic rings. The predicted molar refractivity (Wildman–Crippen MR) is 88.0 cm³/mol. The number of nitrogens with zero attached hydrogens (tertiary/aromatic N) is 2. The quantitative estimate of drug-likeness (QED) is 0.781. The molecular weight excluding hydrogens is 312 g/mol. The molecule has 1 aromatic carbocycles. The van der Waals surface area contributed by atoms with Crippen molar-refractivity contribution in [2.75, 3.05) is 33.8 Å². The summed E-state index contributed by atoms with van der Waals surface area (Å²) in [7, 11) is 3.23. The highest BCUT2D eigenvalue weighted by Gasteiger charge is 2.38. The second-order valence-electron chi connectivity index (χ2n) is 6.18. The number of carboxylic acid groups (broad SMARTS) is 1. The van der Waals surface area contributed by atoms with Gasteiger partial charge in [0.05, 0.1) is 31.7 Å². The highest BCUT2D eigenvalue weighted by molar-refractivity contribution is 5.83. The number of aliphatic hydroxyl groups excluding tert-OH is 1. The van der Waals surface area contributed by atoms with E-state index in [0.29, 0.717) is 6.54 Å². The number of carboxylic acids is 1. The summed E-state index contributed by atoms with van der Waals surface area (Å²) in [5.74, 6) is -0.650. The first-order valence-corrected chi connectivity index (χ1v) is 7.86. The Morgan fingerprint density at radius 2 is 1.96 bits per heavy atom. The molecule has 0 bridgehead atoms. The SMILES string of the molecule is COc1ccc([C@H](C)C(=O)N2C[C@@H](O)[C@H](N(C)CC(=O)O)C2)cc1. The van der Waals surface area contributed by atoms with Gasteiger partial charge in [-0.3, -0.25) is 14.5 Å². The lowest BCUT2D eigenvalue weighted by atomic mass is 10.00. The highest BCUT2D eigenvalue weighted by Crippen LogP contribution is 2.24. The first-order valence-electron chi connectivity index (χ1n) is 7.86. The molecule has 0 radical (unpaired) electrons. The molecule has 0 saturated carbocycles. The second kappa shape index (κ2) is 7.63. The normalized spacial score (nSPS) is 21.8. The van der Waals surface area contributed by atoms with Gasteiger partial charge in [0.2, 0.25) is 5.91 Å². The number of carbonyl (C=O) groups excluding carboxylic acids is 1. The molecular formula is C17H24N2O5. The number of rotatable bonds is 6. The largest absolute Gasteiger partial charge is 0.497 e. The summed E-state index contributed by atoms with van der Waals surface area (Å²) < 4.78 is 5.11. The van der Waals surface area contributed by atoms with E-state index in [2.05, 4.69) is 0 Å². The van der Waals surface area contributed by atoms with Gasteiger partial charge in [-0.1, -0.05) is 12.1 Å². The number of carbonyl (C=O) groups is 2. The number of ether oxygens (including phenoxy) is 1. The monoisotopic (exact) mass is 336 g/mol. The minimum Gasteiger partial charge on any atom is -0.497 e. The van der Waals surface area contributed by atoms with Gasteiger partial charge in [-0.25, -0.2) is 0 Å². The van der Waals surface area contributed by atoms with Crippen molar-refractivity contribution < 1.29 is 24.5 Å². The molecule has 132 valence electrons. The minimum absolute atomic E-state index is 0.0783. The Hall–Kier alpha value is -2.12. The molecule has 2 N–H and O–H groups in total. The number of amides is 1. The first-order chi connectivity index (χ1) is 11.3. The molecule has 1 fully saturated rings. The lowest BCUT2D eigenvalue weighted by molar-refractivity contribution is -0.138. The maximum Gasteiger partial charge on any atom is 0.317 e. The summed E-state index contributed by atoms with van der Waals surface area (Å²) >= 11 is 0. The maximum absolute atomic E-state index is 12.7. The lowest BCUT2D eigenvalue weighted by Gasteiger charge is -2.25. The highest BCUT2D eigenvalue weighted by atomic mass is 16.5. The molecule has 24 heavy (non-hydrogen) atoms. The van der Waals surface area contributed by atoms with E-state index in [-0.39, 0.29) is 31.0 Å². The zero-order valence-electron chi connectivity index (χ0n) is 14.2. The van der Waals surface area contributed by atoms with Crippen LogP contribution >= 0.6 is 0 Å². The van der Waals surface area contributed by atoms with Crippen LogP contribution in [0.15, 0.2) is 24.3 Å². The minimum atomic E-state index is -0.957. The average molecular weight is 336 g/mol. The van der Waals surface area contributed by atoms with E-state index in [4.69, 9.17) is 9.84 Å². The van der Waals surface area contributed by atoms with Crippen molar-refractivity contribution in [3.05, 3.63) is 29.8 Å². The molecule has 7 nitrogen and oxygen atoms in total. The van der Waals surface area contributed by atoms with Gasteiger partial charge < -0.3 is 19.8 Å². The molecule has 1 aliphatic heterocycles. The van der Waals surface area contributed by atoms with Crippen LogP contribution < -0.4 is 4.74 Å². The standard InChI is InChI=1S/C17H24N2O5/c1-11(12-4-6-13(24-3)7-5-12)17(23)19-8-14(15(20)9-19)18(2)10-16(21)22/h4-7,11,14-15,20H,8-10H2,1-3H3,(H,21,22)/t11-,14+,15+/m0/s1. The van der Waals surface area contributed by atoms with Crippen molar-refractivity contribution >= 4 is 11.9 Å². The topological polar surface area (TPSA) is 90.3 Å². The molecule has 0 aliphatic carbocycles. The van der Waals surface area contributed by atoms with Crippen molar-refractivity contribution in [3.8, 4) is 5.75 Å². The fourth-order valence-electron chi connectivity index (χ4n) is 3.02. The number of methoxy groups -OCH3 is 1. The number of aliphatic carboxylic acids is 1. The number of likely N-dealkylation sites (N-methyl/N-ethyl adjacent to an activating group) is 1. The Labute approximate surface area is 141 Å². The average Bonchev–Trinajstić information content (AvgIpc) is 2.95. The van der Waals surface area contributed by atoms with Gasteiger partial charge in [-0.2, -0.15) is 0 Å². The van der Waals surface area contributed by atoms with Crippen LogP contribution in [-0.4, -0.2) is 77.8 Å². The van der Waals surface area contributed by atoms with Gasteiger partial charge in [0.15, 0.2) is 0 Å². The van der Waals surface area contributed by atoms with Crippen LogP contribution in [0.2, 0.25) is 0 Å². The van der Waals surface area contributed by atoms with E-state index in [1.165, 1.54) is 0 Å². The Morgan fingerprint density at radius 3 is 2.50 bits per heavy atom. The van der Waals surface area contributed by atoms with E-state index in [1.807, 2.05) is 19.1 Å². The van der Waals surface area contributed by atoms with Crippen molar-refractivity contribution in [1.82, 2.24) is 9.80 Å². The van der Waals surface area contributed by atoms with Gasteiger partial charge in [0.1, 0.15) is 5.75 Å². The van der Waals surface area contributed by atoms with Crippen molar-refractivity contribution in [2.45, 2.75) is 25.0 Å². The third-order valence-electron chi connectivity index (χ3n) is 4.51. The lowest BCUT2D eigenvalue weighted by Crippen LogP contribution is -2.43. The van der Waals surface area contributed by atoms with E-state index in [1.54, 1.807) is 36.1 Å². The molecule has 0 unspecified atom stereocenters. The zero-order valence-corrected chi connectivity index (χ0v) is 14.2. The summed E-state index contributed by atoms with van der Waals surface area (Å²) in [6.45, 7) is 2.20. The van der Waals surface area contributed by atoms with Gasteiger partial charge in [0.25, 0.3) is 0 Å². The van der Waals surface area contributed by atoms with Crippen molar-refractivity contribution in [2.24, 2.45) is 0 Å². The van der Waals surface area contributed by atoms with Gasteiger partial charge in [0, 0.05) is 13.1 Å². The Balaban J connectivity index is 2.02. The Kier molecular flexibility index (Phi) is 5.80. The molecule has 1 heterocycles. The van der Waals surface area contributed by atoms with Crippen molar-refractivity contribution in [3.63, 3.8) is 0 Å². The van der Waals surface area contributed by atoms with Crippen LogP contribution in [-0.2, 0) is 9.59 Å². The molecule has 1 amide bonds. The fraction of sp³-hybridized carbons (Fsp3) is 0.529. The summed E-state index contributed by atoms with van der Waals surface area (Å²) in [6, 6.07) is 6.94. The number of benzene rings is 1. The van der Waals surface area contributed by atoms with Gasteiger partial charge >= 0.3 is 5.97 Å². The first kappa shape index (κ1) is 18.2. The molecule has 7 heteroatoms. The second-order valence-corrected chi connectivity index (χ2v) is 6.18.